The van der Waals surface area contributed by atoms with Gasteiger partial charge in [-0.1, -0.05) is 20.8 Å². The average molecular weight is 332 g/mol. The van der Waals surface area contributed by atoms with Crippen LogP contribution in [-0.4, -0.2) is 26.5 Å². The van der Waals surface area contributed by atoms with Gasteiger partial charge in [-0.05, 0) is 18.8 Å². The summed E-state index contributed by atoms with van der Waals surface area (Å²) in [5.41, 5.74) is 5.97. The third-order valence-corrected chi connectivity index (χ3v) is 6.35. The Kier molecular flexibility index (Phi) is 6.22. The number of anilines is 2. The Morgan fingerprint density at radius 3 is 2.48 bits per heavy atom. The zero-order valence-corrected chi connectivity index (χ0v) is 14.7. The van der Waals surface area contributed by atoms with Gasteiger partial charge in [0.05, 0.1) is 16.3 Å². The van der Waals surface area contributed by atoms with Crippen molar-refractivity contribution < 1.29 is 13.2 Å². The molecule has 1 heterocycles. The summed E-state index contributed by atoms with van der Waals surface area (Å²) in [6.07, 6.45) is 2.00. The van der Waals surface area contributed by atoms with Gasteiger partial charge in [0.1, 0.15) is 9.90 Å². The van der Waals surface area contributed by atoms with Crippen LogP contribution in [0.5, 0.6) is 0 Å². The van der Waals surface area contributed by atoms with Gasteiger partial charge in [0.2, 0.25) is 0 Å². The van der Waals surface area contributed by atoms with Crippen molar-refractivity contribution in [3.63, 3.8) is 0 Å². The molecule has 0 amide bonds. The number of rotatable bonds is 8. The first kappa shape index (κ1) is 18.0. The minimum Gasteiger partial charge on any atom is -0.396 e. The van der Waals surface area contributed by atoms with E-state index in [1.54, 1.807) is 6.92 Å². The maximum atomic E-state index is 12.2. The van der Waals surface area contributed by atoms with Crippen molar-refractivity contribution in [1.82, 2.24) is 0 Å². The van der Waals surface area contributed by atoms with Crippen molar-refractivity contribution in [3.8, 4) is 0 Å². The maximum Gasteiger partial charge on any atom is 0.183 e. The van der Waals surface area contributed by atoms with E-state index in [1.807, 2.05) is 0 Å². The summed E-state index contributed by atoms with van der Waals surface area (Å²) in [6.45, 7) is 7.92. The number of hydrogen-bond donors (Lipinski definition) is 2. The molecule has 0 spiro atoms. The molecule has 0 bridgehead atoms. The molecule has 0 aliphatic rings. The lowest BCUT2D eigenvalue weighted by molar-refractivity contribution is 0.102. The largest absolute Gasteiger partial charge is 0.396 e. The minimum absolute atomic E-state index is 0.0358. The highest BCUT2D eigenvalue weighted by atomic mass is 32.2. The van der Waals surface area contributed by atoms with E-state index < -0.39 is 9.84 Å². The van der Waals surface area contributed by atoms with E-state index in [9.17, 15) is 13.2 Å². The topological polar surface area (TPSA) is 89.3 Å². The fourth-order valence-electron chi connectivity index (χ4n) is 1.97. The van der Waals surface area contributed by atoms with Crippen LogP contribution in [0.1, 0.15) is 50.2 Å². The van der Waals surface area contributed by atoms with Gasteiger partial charge < -0.3 is 11.1 Å². The molecule has 120 valence electrons. The summed E-state index contributed by atoms with van der Waals surface area (Å²) < 4.78 is 24.4. The summed E-state index contributed by atoms with van der Waals surface area (Å²) in [7, 11) is -3.45. The van der Waals surface area contributed by atoms with E-state index >= 15 is 0 Å². The molecule has 0 aliphatic heterocycles. The van der Waals surface area contributed by atoms with E-state index in [0.717, 1.165) is 24.2 Å². The highest BCUT2D eigenvalue weighted by molar-refractivity contribution is 7.91. The van der Waals surface area contributed by atoms with E-state index in [0.29, 0.717) is 22.3 Å². The molecule has 21 heavy (non-hydrogen) atoms. The van der Waals surface area contributed by atoms with Crippen LogP contribution < -0.4 is 11.1 Å². The zero-order chi connectivity index (χ0) is 16.2. The smallest absolute Gasteiger partial charge is 0.183 e. The number of nitrogens with two attached hydrogens (primary N) is 1. The molecule has 1 aromatic heterocycles. The first-order chi connectivity index (χ1) is 9.70. The number of hydrogen-bond acceptors (Lipinski definition) is 6. The Labute approximate surface area is 130 Å². The lowest BCUT2D eigenvalue weighted by Gasteiger charge is -2.09. The lowest BCUT2D eigenvalue weighted by atomic mass is 10.1. The number of nitrogens with one attached hydrogen (secondary N) is 1. The molecule has 0 saturated heterocycles. The van der Waals surface area contributed by atoms with Crippen LogP contribution in [0, 0.1) is 5.92 Å². The molecule has 0 unspecified atom stereocenters. The Morgan fingerprint density at radius 2 is 2.00 bits per heavy atom. The fraction of sp³-hybridized carbons (Fsp3) is 0.643. The predicted octanol–water partition coefficient (Wildman–Crippen LogP) is 3.17. The summed E-state index contributed by atoms with van der Waals surface area (Å²) in [6, 6.07) is 0. The van der Waals surface area contributed by atoms with Crippen molar-refractivity contribution >= 4 is 37.6 Å². The average Bonchev–Trinajstić information content (AvgIpc) is 2.72. The van der Waals surface area contributed by atoms with Crippen LogP contribution in [0.25, 0.3) is 0 Å². The van der Waals surface area contributed by atoms with Crippen LogP contribution in [0.2, 0.25) is 0 Å². The summed E-state index contributed by atoms with van der Waals surface area (Å²) >= 11 is 1.13. The van der Waals surface area contributed by atoms with Crippen LogP contribution >= 0.6 is 11.3 Å². The molecule has 0 fully saturated rings. The predicted molar refractivity (Wildman–Crippen MR) is 89.0 cm³/mol. The number of carbonyl (C=O) groups excluding carboxylic acids is 1. The number of Topliss-reactive ketones (excluding diaryl/α,β-unsaturated/α-hetero) is 1. The van der Waals surface area contributed by atoms with Crippen molar-refractivity contribution in [2.45, 2.75) is 45.4 Å². The second kappa shape index (κ2) is 7.26. The normalized spacial score (nSPS) is 11.9. The van der Waals surface area contributed by atoms with E-state index in [2.05, 4.69) is 19.2 Å². The SMILES string of the molecule is CCS(=O)(=O)c1c(NCCCC(C)C)sc(C(C)=O)c1N. The van der Waals surface area contributed by atoms with Gasteiger partial charge in [-0.2, -0.15) is 0 Å². The van der Waals surface area contributed by atoms with Crippen molar-refractivity contribution in [2.75, 3.05) is 23.3 Å². The Balaban J connectivity index is 3.07. The van der Waals surface area contributed by atoms with Crippen LogP contribution in [0.15, 0.2) is 4.90 Å². The lowest BCUT2D eigenvalue weighted by Crippen LogP contribution is -2.10. The maximum absolute atomic E-state index is 12.2. The highest BCUT2D eigenvalue weighted by Gasteiger charge is 2.27. The number of sulfone groups is 1. The molecule has 5 nitrogen and oxygen atoms in total. The second-order valence-electron chi connectivity index (χ2n) is 5.43. The number of carbonyl (C=O) groups is 1. The summed E-state index contributed by atoms with van der Waals surface area (Å²) in [4.78, 5) is 12.0. The minimum atomic E-state index is -3.45. The highest BCUT2D eigenvalue weighted by Crippen LogP contribution is 2.40. The van der Waals surface area contributed by atoms with E-state index in [1.165, 1.54) is 6.92 Å². The molecule has 0 saturated carbocycles. The molecule has 3 N–H and O–H groups in total. The second-order valence-corrected chi connectivity index (χ2v) is 8.66. The van der Waals surface area contributed by atoms with Gasteiger partial charge >= 0.3 is 0 Å². The first-order valence-electron chi connectivity index (χ1n) is 7.10. The molecule has 1 aromatic rings. The molecule has 7 heteroatoms. The van der Waals surface area contributed by atoms with Gasteiger partial charge in [-0.15, -0.1) is 11.3 Å². The van der Waals surface area contributed by atoms with Gasteiger partial charge in [0.15, 0.2) is 15.6 Å². The fourth-order valence-corrected chi connectivity index (χ4v) is 4.56. The molecular weight excluding hydrogens is 308 g/mol. The third kappa shape index (κ3) is 4.44. The quantitative estimate of drug-likeness (QED) is 0.564. The molecule has 0 aromatic carbocycles. The number of ketones is 1. The Hall–Kier alpha value is -1.08. The molecule has 0 aliphatic carbocycles. The van der Waals surface area contributed by atoms with Crippen molar-refractivity contribution in [1.29, 1.82) is 0 Å². The van der Waals surface area contributed by atoms with Crippen LogP contribution in [0.4, 0.5) is 10.7 Å². The van der Waals surface area contributed by atoms with Gasteiger partial charge in [-0.3, -0.25) is 4.79 Å². The van der Waals surface area contributed by atoms with Gasteiger partial charge in [0, 0.05) is 13.5 Å². The van der Waals surface area contributed by atoms with E-state index in [-0.39, 0.29) is 22.1 Å². The van der Waals surface area contributed by atoms with Gasteiger partial charge in [0.25, 0.3) is 0 Å². The Bertz CT molecular complexity index is 604. The number of nitrogen functional groups attached to an aromatic ring is 1. The third-order valence-electron chi connectivity index (χ3n) is 3.15. The van der Waals surface area contributed by atoms with E-state index in [4.69, 9.17) is 5.73 Å². The monoisotopic (exact) mass is 332 g/mol. The summed E-state index contributed by atoms with van der Waals surface area (Å²) in [5, 5.41) is 3.62. The number of thiophene rings is 1. The summed E-state index contributed by atoms with van der Waals surface area (Å²) in [5.74, 6) is 0.360. The van der Waals surface area contributed by atoms with Crippen LogP contribution in [-0.2, 0) is 9.84 Å². The Morgan fingerprint density at radius 1 is 1.38 bits per heavy atom. The molecular formula is C14H24N2O3S2. The van der Waals surface area contributed by atoms with Crippen molar-refractivity contribution in [2.24, 2.45) is 5.92 Å². The van der Waals surface area contributed by atoms with Crippen molar-refractivity contribution in [3.05, 3.63) is 4.88 Å². The standard InChI is InChI=1S/C14H24N2O3S2/c1-5-21(18,19)13-11(15)12(10(4)17)20-14(13)16-8-6-7-9(2)3/h9,16H,5-8,15H2,1-4H3. The van der Waals surface area contributed by atoms with Crippen LogP contribution in [0.3, 0.4) is 0 Å². The molecule has 0 radical (unpaired) electrons. The van der Waals surface area contributed by atoms with Gasteiger partial charge in [-0.25, -0.2) is 8.42 Å². The molecule has 0 atom stereocenters. The first-order valence-corrected chi connectivity index (χ1v) is 9.57. The molecule has 1 rings (SSSR count). The zero-order valence-electron chi connectivity index (χ0n) is 13.0.